The van der Waals surface area contributed by atoms with Crippen molar-refractivity contribution in [3.8, 4) is 11.5 Å². The van der Waals surface area contributed by atoms with Crippen LogP contribution in [0.3, 0.4) is 0 Å². The van der Waals surface area contributed by atoms with Crippen molar-refractivity contribution in [2.75, 3.05) is 19.7 Å². The number of likely N-dealkylation sites (tertiary alicyclic amines) is 1. The van der Waals surface area contributed by atoms with Crippen LogP contribution in [-0.2, 0) is 17.9 Å². The quantitative estimate of drug-likeness (QED) is 0.458. The van der Waals surface area contributed by atoms with Gasteiger partial charge < -0.3 is 9.47 Å². The average Bonchev–Trinajstić information content (AvgIpc) is 2.91. The van der Waals surface area contributed by atoms with Crippen molar-refractivity contribution in [2.45, 2.75) is 32.4 Å². The van der Waals surface area contributed by atoms with Crippen molar-refractivity contribution in [3.63, 3.8) is 0 Å². The summed E-state index contributed by atoms with van der Waals surface area (Å²) in [6.45, 7) is 3.41. The maximum absolute atomic E-state index is 12.3. The Morgan fingerprint density at radius 3 is 2.06 bits per heavy atom. The van der Waals surface area contributed by atoms with E-state index < -0.39 is 5.91 Å². The van der Waals surface area contributed by atoms with E-state index in [4.69, 9.17) is 9.47 Å². The fourth-order valence-electron chi connectivity index (χ4n) is 3.89. The van der Waals surface area contributed by atoms with Crippen LogP contribution in [0.25, 0.3) is 0 Å². The number of hydrazine groups is 1. The zero-order chi connectivity index (χ0) is 24.3. The Hall–Kier alpha value is -3.84. The molecule has 1 aliphatic rings. The van der Waals surface area contributed by atoms with E-state index in [2.05, 4.69) is 15.8 Å². The second-order valence-electron chi connectivity index (χ2n) is 8.57. The molecule has 1 fully saturated rings. The fraction of sp³-hybridized carbons (Fsp3) is 0.286. The Kier molecular flexibility index (Phi) is 8.73. The first-order valence-electron chi connectivity index (χ1n) is 12.0. The number of carbonyl (C=O) groups is 2. The Balaban J connectivity index is 1.15. The number of piperidine rings is 1. The first-order valence-corrected chi connectivity index (χ1v) is 12.0. The molecular formula is C28H31N3O4. The van der Waals surface area contributed by atoms with Gasteiger partial charge in [-0.25, -0.2) is 0 Å². The molecule has 7 nitrogen and oxygen atoms in total. The predicted octanol–water partition coefficient (Wildman–Crippen LogP) is 4.09. The maximum Gasteiger partial charge on any atom is 0.276 e. The van der Waals surface area contributed by atoms with Gasteiger partial charge >= 0.3 is 0 Å². The molecule has 182 valence electrons. The molecule has 1 heterocycles. The van der Waals surface area contributed by atoms with Crippen LogP contribution in [0, 0.1) is 0 Å². The minimum atomic E-state index is -0.454. The highest BCUT2D eigenvalue weighted by Crippen LogP contribution is 2.19. The zero-order valence-corrected chi connectivity index (χ0v) is 19.7. The van der Waals surface area contributed by atoms with E-state index in [1.54, 1.807) is 36.4 Å². The van der Waals surface area contributed by atoms with Gasteiger partial charge in [-0.15, -0.1) is 0 Å². The summed E-state index contributed by atoms with van der Waals surface area (Å²) in [5.41, 5.74) is 7.56. The van der Waals surface area contributed by atoms with Gasteiger partial charge in [0.2, 0.25) is 0 Å². The number of rotatable bonds is 9. The summed E-state index contributed by atoms with van der Waals surface area (Å²) < 4.78 is 11.2. The molecule has 3 aromatic carbocycles. The summed E-state index contributed by atoms with van der Waals surface area (Å²) >= 11 is 0. The SMILES string of the molecule is O=C(COc1ccc(OCc2ccccc2)cc1)NNC(=O)c1ccc(CN2CCCCC2)cc1. The summed E-state index contributed by atoms with van der Waals surface area (Å²) in [6, 6.07) is 24.4. The van der Waals surface area contributed by atoms with Crippen LogP contribution < -0.4 is 20.3 Å². The lowest BCUT2D eigenvalue weighted by Crippen LogP contribution is -2.43. The van der Waals surface area contributed by atoms with Crippen LogP contribution in [0.2, 0.25) is 0 Å². The van der Waals surface area contributed by atoms with Crippen molar-refractivity contribution in [1.82, 2.24) is 15.8 Å². The lowest BCUT2D eigenvalue weighted by molar-refractivity contribution is -0.123. The van der Waals surface area contributed by atoms with Crippen LogP contribution in [0.4, 0.5) is 0 Å². The first kappa shape index (κ1) is 24.3. The fourth-order valence-corrected chi connectivity index (χ4v) is 3.89. The molecule has 1 saturated heterocycles. The molecule has 4 rings (SSSR count). The molecule has 0 spiro atoms. The number of hydrogen-bond donors (Lipinski definition) is 2. The molecule has 0 aromatic heterocycles. The molecule has 3 aromatic rings. The van der Waals surface area contributed by atoms with Crippen LogP contribution in [0.1, 0.15) is 40.7 Å². The lowest BCUT2D eigenvalue weighted by Gasteiger charge is -2.26. The van der Waals surface area contributed by atoms with Gasteiger partial charge in [0.1, 0.15) is 18.1 Å². The Labute approximate surface area is 206 Å². The van der Waals surface area contributed by atoms with Crippen molar-refractivity contribution >= 4 is 11.8 Å². The predicted molar refractivity (Wildman–Crippen MR) is 134 cm³/mol. The Bertz CT molecular complexity index is 1080. The van der Waals surface area contributed by atoms with E-state index in [1.165, 1.54) is 24.8 Å². The molecule has 1 aliphatic heterocycles. The summed E-state index contributed by atoms with van der Waals surface area (Å²) in [4.78, 5) is 26.8. The number of nitrogens with one attached hydrogen (secondary N) is 2. The summed E-state index contributed by atoms with van der Waals surface area (Å²) in [6.07, 6.45) is 3.81. The van der Waals surface area contributed by atoms with Gasteiger partial charge in [-0.1, -0.05) is 48.9 Å². The second kappa shape index (κ2) is 12.6. The summed E-state index contributed by atoms with van der Waals surface area (Å²) in [5, 5.41) is 0. The number of hydrogen-bond acceptors (Lipinski definition) is 5. The minimum Gasteiger partial charge on any atom is -0.489 e. The van der Waals surface area contributed by atoms with Gasteiger partial charge in [-0.2, -0.15) is 0 Å². The molecular weight excluding hydrogens is 442 g/mol. The zero-order valence-electron chi connectivity index (χ0n) is 19.7. The highest BCUT2D eigenvalue weighted by molar-refractivity contribution is 5.95. The first-order chi connectivity index (χ1) is 17.2. The van der Waals surface area contributed by atoms with Crippen molar-refractivity contribution in [3.05, 3.63) is 95.6 Å². The van der Waals surface area contributed by atoms with E-state index in [0.29, 0.717) is 23.7 Å². The van der Waals surface area contributed by atoms with Gasteiger partial charge in [-0.3, -0.25) is 25.3 Å². The van der Waals surface area contributed by atoms with E-state index >= 15 is 0 Å². The molecule has 0 bridgehead atoms. The van der Waals surface area contributed by atoms with Crippen molar-refractivity contribution in [2.24, 2.45) is 0 Å². The molecule has 35 heavy (non-hydrogen) atoms. The normalized spacial score (nSPS) is 13.6. The number of nitrogens with zero attached hydrogens (tertiary/aromatic N) is 1. The van der Waals surface area contributed by atoms with Crippen molar-refractivity contribution in [1.29, 1.82) is 0 Å². The van der Waals surface area contributed by atoms with E-state index in [-0.39, 0.29) is 12.5 Å². The highest BCUT2D eigenvalue weighted by atomic mass is 16.5. The monoisotopic (exact) mass is 473 g/mol. The van der Waals surface area contributed by atoms with Gasteiger partial charge in [-0.05, 0) is 73.5 Å². The lowest BCUT2D eigenvalue weighted by atomic mass is 10.1. The largest absolute Gasteiger partial charge is 0.489 e. The number of carbonyl (C=O) groups excluding carboxylic acids is 2. The molecule has 0 unspecified atom stereocenters. The van der Waals surface area contributed by atoms with E-state index in [9.17, 15) is 9.59 Å². The minimum absolute atomic E-state index is 0.223. The molecule has 0 saturated carbocycles. The number of amides is 2. The van der Waals surface area contributed by atoms with Gasteiger partial charge in [0.25, 0.3) is 11.8 Å². The van der Waals surface area contributed by atoms with Gasteiger partial charge in [0.05, 0.1) is 0 Å². The highest BCUT2D eigenvalue weighted by Gasteiger charge is 2.12. The third kappa shape index (κ3) is 7.86. The van der Waals surface area contributed by atoms with E-state index in [1.807, 2.05) is 42.5 Å². The van der Waals surface area contributed by atoms with Crippen molar-refractivity contribution < 1.29 is 19.1 Å². The Morgan fingerprint density at radius 1 is 0.714 bits per heavy atom. The molecule has 0 aliphatic carbocycles. The van der Waals surface area contributed by atoms with Crippen LogP contribution in [0.15, 0.2) is 78.9 Å². The topological polar surface area (TPSA) is 79.9 Å². The third-order valence-corrected chi connectivity index (χ3v) is 5.83. The van der Waals surface area contributed by atoms with Crippen LogP contribution in [0.5, 0.6) is 11.5 Å². The standard InChI is InChI=1S/C28H31N3O4/c32-27(21-35-26-15-13-25(14-16-26)34-20-23-7-3-1-4-8-23)29-30-28(33)24-11-9-22(10-12-24)19-31-17-5-2-6-18-31/h1,3-4,7-16H,2,5-6,17-21H2,(H,29,32)(H,30,33). The second-order valence-corrected chi connectivity index (χ2v) is 8.57. The smallest absolute Gasteiger partial charge is 0.276 e. The van der Waals surface area contributed by atoms with Gasteiger partial charge in [0.15, 0.2) is 6.61 Å². The third-order valence-electron chi connectivity index (χ3n) is 5.83. The summed E-state index contributed by atoms with van der Waals surface area (Å²) in [7, 11) is 0. The van der Waals surface area contributed by atoms with E-state index in [0.717, 1.165) is 25.2 Å². The van der Waals surface area contributed by atoms with Crippen LogP contribution in [-0.4, -0.2) is 36.4 Å². The molecule has 2 N–H and O–H groups in total. The summed E-state index contributed by atoms with van der Waals surface area (Å²) in [5.74, 6) is 0.412. The Morgan fingerprint density at radius 2 is 1.37 bits per heavy atom. The maximum atomic E-state index is 12.3. The molecule has 7 heteroatoms. The number of ether oxygens (including phenoxy) is 2. The number of benzene rings is 3. The molecule has 0 radical (unpaired) electrons. The van der Waals surface area contributed by atoms with Gasteiger partial charge in [0, 0.05) is 12.1 Å². The molecule has 2 amide bonds. The van der Waals surface area contributed by atoms with Crippen LogP contribution >= 0.6 is 0 Å². The average molecular weight is 474 g/mol. The molecule has 0 atom stereocenters.